The van der Waals surface area contributed by atoms with Gasteiger partial charge >= 0.3 is 0 Å². The molecule has 0 bridgehead atoms. The molecule has 5 nitrogen and oxygen atoms in total. The van der Waals surface area contributed by atoms with Crippen LogP contribution in [0.25, 0.3) is 16.2 Å². The average Bonchev–Trinajstić information content (AvgIpc) is 3.26. The first-order chi connectivity index (χ1) is 12.7. The summed E-state index contributed by atoms with van der Waals surface area (Å²) >= 11 is 1.54. The molecule has 4 aromatic rings. The van der Waals surface area contributed by atoms with Gasteiger partial charge in [-0.05, 0) is 17.7 Å². The van der Waals surface area contributed by atoms with Gasteiger partial charge in [-0.3, -0.25) is 9.20 Å². The van der Waals surface area contributed by atoms with Crippen molar-refractivity contribution in [3.63, 3.8) is 0 Å². The topological polar surface area (TPSA) is 55.6 Å². The van der Waals surface area contributed by atoms with E-state index in [2.05, 4.69) is 10.3 Å². The molecule has 0 aliphatic carbocycles. The Kier molecular flexibility index (Phi) is 4.41. The van der Waals surface area contributed by atoms with Crippen molar-refractivity contribution < 1.29 is 9.53 Å². The molecule has 1 amide bonds. The van der Waals surface area contributed by atoms with E-state index in [9.17, 15) is 4.79 Å². The molecule has 6 heteroatoms. The molecule has 2 heterocycles. The first-order valence-electron chi connectivity index (χ1n) is 8.18. The first-order valence-corrected chi connectivity index (χ1v) is 9.06. The number of thiazole rings is 1. The van der Waals surface area contributed by atoms with Crippen LogP contribution in [0.4, 0.5) is 5.82 Å². The van der Waals surface area contributed by atoms with Crippen LogP contribution in [0, 0.1) is 0 Å². The maximum absolute atomic E-state index is 12.6. The molecule has 2 aromatic carbocycles. The number of ether oxygens (including phenoxy) is 1. The lowest BCUT2D eigenvalue weighted by Crippen LogP contribution is -2.16. The summed E-state index contributed by atoms with van der Waals surface area (Å²) in [7, 11) is 1.62. The summed E-state index contributed by atoms with van der Waals surface area (Å²) < 4.78 is 7.07. The number of carbonyl (C=O) groups is 1. The van der Waals surface area contributed by atoms with Crippen LogP contribution in [0.1, 0.15) is 5.56 Å². The van der Waals surface area contributed by atoms with Gasteiger partial charge in [0, 0.05) is 17.1 Å². The van der Waals surface area contributed by atoms with E-state index in [1.165, 1.54) is 11.3 Å². The second kappa shape index (κ2) is 7.01. The summed E-state index contributed by atoms with van der Waals surface area (Å²) in [6.07, 6.45) is 2.21. The Hall–Kier alpha value is -3.12. The first kappa shape index (κ1) is 16.4. The van der Waals surface area contributed by atoms with Gasteiger partial charge in [-0.1, -0.05) is 42.5 Å². The molecule has 0 saturated heterocycles. The minimum Gasteiger partial charge on any atom is -0.497 e. The molecule has 2 aromatic heterocycles. The minimum atomic E-state index is -0.0830. The summed E-state index contributed by atoms with van der Waals surface area (Å²) in [4.78, 5) is 18.1. The Labute approximate surface area is 154 Å². The van der Waals surface area contributed by atoms with Gasteiger partial charge in [0.15, 0.2) is 4.96 Å². The van der Waals surface area contributed by atoms with Crippen molar-refractivity contribution in [3.05, 3.63) is 71.7 Å². The van der Waals surface area contributed by atoms with Crippen LogP contribution >= 0.6 is 11.3 Å². The van der Waals surface area contributed by atoms with Gasteiger partial charge in [0.2, 0.25) is 5.91 Å². The Morgan fingerprint density at radius 1 is 1.15 bits per heavy atom. The van der Waals surface area contributed by atoms with Crippen LogP contribution < -0.4 is 10.1 Å². The lowest BCUT2D eigenvalue weighted by atomic mass is 10.1. The van der Waals surface area contributed by atoms with E-state index < -0.39 is 0 Å². The SMILES string of the molecule is COc1ccc(CC(=O)Nc2c(-c3ccccc3)nc3sccn23)cc1. The fourth-order valence-corrected chi connectivity index (χ4v) is 3.52. The molecule has 26 heavy (non-hydrogen) atoms. The van der Waals surface area contributed by atoms with Gasteiger partial charge in [-0.15, -0.1) is 11.3 Å². The molecule has 0 radical (unpaired) electrons. The molecule has 4 rings (SSSR count). The van der Waals surface area contributed by atoms with Crippen molar-refractivity contribution >= 4 is 28.0 Å². The average molecular weight is 363 g/mol. The van der Waals surface area contributed by atoms with Gasteiger partial charge in [0.25, 0.3) is 0 Å². The second-order valence-corrected chi connectivity index (χ2v) is 6.68. The molecular formula is C20H17N3O2S. The van der Waals surface area contributed by atoms with E-state index in [1.807, 2.05) is 70.6 Å². The molecule has 0 saturated carbocycles. The number of nitrogens with zero attached hydrogens (tertiary/aromatic N) is 2. The highest BCUT2D eigenvalue weighted by Crippen LogP contribution is 2.30. The molecule has 0 atom stereocenters. The number of nitrogens with one attached hydrogen (secondary N) is 1. The summed E-state index contributed by atoms with van der Waals surface area (Å²) in [5.74, 6) is 1.39. The molecule has 130 valence electrons. The van der Waals surface area contributed by atoms with Crippen molar-refractivity contribution in [1.29, 1.82) is 0 Å². The van der Waals surface area contributed by atoms with Gasteiger partial charge in [-0.2, -0.15) is 0 Å². The number of imidazole rings is 1. The molecule has 0 spiro atoms. The number of aromatic nitrogens is 2. The summed E-state index contributed by atoms with van der Waals surface area (Å²) in [5.41, 5.74) is 2.68. The molecule has 0 unspecified atom stereocenters. The lowest BCUT2D eigenvalue weighted by molar-refractivity contribution is -0.115. The number of benzene rings is 2. The van der Waals surface area contributed by atoms with E-state index in [1.54, 1.807) is 7.11 Å². The van der Waals surface area contributed by atoms with E-state index in [0.29, 0.717) is 5.82 Å². The highest BCUT2D eigenvalue weighted by Gasteiger charge is 2.17. The Morgan fingerprint density at radius 3 is 2.65 bits per heavy atom. The van der Waals surface area contributed by atoms with E-state index in [4.69, 9.17) is 4.74 Å². The fraction of sp³-hybridized carbons (Fsp3) is 0.100. The molecule has 1 N–H and O–H groups in total. The highest BCUT2D eigenvalue weighted by atomic mass is 32.1. The van der Waals surface area contributed by atoms with Crippen LogP contribution in [-0.2, 0) is 11.2 Å². The Bertz CT molecular complexity index is 1040. The normalized spacial score (nSPS) is 10.8. The van der Waals surface area contributed by atoms with Gasteiger partial charge in [-0.25, -0.2) is 4.98 Å². The predicted octanol–water partition coefficient (Wildman–Crippen LogP) is 4.25. The number of carbonyl (C=O) groups excluding carboxylic acids is 1. The zero-order chi connectivity index (χ0) is 17.9. The van der Waals surface area contributed by atoms with Crippen molar-refractivity contribution in [2.45, 2.75) is 6.42 Å². The predicted molar refractivity (Wildman–Crippen MR) is 104 cm³/mol. The van der Waals surface area contributed by atoms with Crippen LogP contribution in [0.15, 0.2) is 66.2 Å². The Morgan fingerprint density at radius 2 is 1.92 bits per heavy atom. The summed E-state index contributed by atoms with van der Waals surface area (Å²) in [6, 6.07) is 17.4. The molecule has 0 aliphatic rings. The summed E-state index contributed by atoms with van der Waals surface area (Å²) in [5, 5.41) is 4.99. The number of hydrogen-bond acceptors (Lipinski definition) is 4. The van der Waals surface area contributed by atoms with E-state index in [-0.39, 0.29) is 12.3 Å². The number of anilines is 1. The monoisotopic (exact) mass is 363 g/mol. The fourth-order valence-electron chi connectivity index (χ4n) is 2.81. The van der Waals surface area contributed by atoms with Crippen LogP contribution in [0.2, 0.25) is 0 Å². The van der Waals surface area contributed by atoms with Crippen molar-refractivity contribution in [1.82, 2.24) is 9.38 Å². The number of amides is 1. The molecule has 0 aliphatic heterocycles. The third-order valence-electron chi connectivity index (χ3n) is 4.09. The second-order valence-electron chi connectivity index (χ2n) is 5.80. The smallest absolute Gasteiger partial charge is 0.229 e. The van der Waals surface area contributed by atoms with Crippen molar-refractivity contribution in [2.24, 2.45) is 0 Å². The lowest BCUT2D eigenvalue weighted by Gasteiger charge is -2.08. The number of hydrogen-bond donors (Lipinski definition) is 1. The van der Waals surface area contributed by atoms with Gasteiger partial charge < -0.3 is 10.1 Å². The number of methoxy groups -OCH3 is 1. The highest BCUT2D eigenvalue weighted by molar-refractivity contribution is 7.15. The largest absolute Gasteiger partial charge is 0.497 e. The van der Waals surface area contributed by atoms with Crippen LogP contribution in [0.3, 0.4) is 0 Å². The van der Waals surface area contributed by atoms with Crippen molar-refractivity contribution in [2.75, 3.05) is 12.4 Å². The van der Waals surface area contributed by atoms with E-state index >= 15 is 0 Å². The van der Waals surface area contributed by atoms with Crippen LogP contribution in [0.5, 0.6) is 5.75 Å². The van der Waals surface area contributed by atoms with Crippen molar-refractivity contribution in [3.8, 4) is 17.0 Å². The third kappa shape index (κ3) is 3.19. The molecular weight excluding hydrogens is 346 g/mol. The number of rotatable bonds is 5. The van der Waals surface area contributed by atoms with E-state index in [0.717, 1.165) is 27.5 Å². The van der Waals surface area contributed by atoms with Crippen LogP contribution in [-0.4, -0.2) is 22.4 Å². The Balaban J connectivity index is 1.61. The van der Waals surface area contributed by atoms with Gasteiger partial charge in [0.1, 0.15) is 17.3 Å². The molecule has 0 fully saturated rings. The standard InChI is InChI=1S/C20H17N3O2S/c1-25-16-9-7-14(8-10-16)13-17(24)21-19-18(15-5-3-2-4-6-15)22-20-23(19)11-12-26-20/h2-12H,13H2,1H3,(H,21,24). The zero-order valence-electron chi connectivity index (χ0n) is 14.2. The minimum absolute atomic E-state index is 0.0830. The zero-order valence-corrected chi connectivity index (χ0v) is 15.0. The van der Waals surface area contributed by atoms with Gasteiger partial charge in [0.05, 0.1) is 13.5 Å². The maximum atomic E-state index is 12.6. The number of fused-ring (bicyclic) bond motifs is 1. The summed E-state index contributed by atoms with van der Waals surface area (Å²) in [6.45, 7) is 0. The quantitative estimate of drug-likeness (QED) is 0.577. The third-order valence-corrected chi connectivity index (χ3v) is 4.85. The maximum Gasteiger partial charge on any atom is 0.229 e.